The van der Waals surface area contributed by atoms with E-state index in [0.717, 1.165) is 45.8 Å². The summed E-state index contributed by atoms with van der Waals surface area (Å²) < 4.78 is 18.7. The highest BCUT2D eigenvalue weighted by molar-refractivity contribution is 5.62. The van der Waals surface area contributed by atoms with E-state index in [-0.39, 0.29) is 11.6 Å². The van der Waals surface area contributed by atoms with E-state index in [9.17, 15) is 0 Å². The summed E-state index contributed by atoms with van der Waals surface area (Å²) in [4.78, 5) is 9.00. The van der Waals surface area contributed by atoms with Gasteiger partial charge in [-0.15, -0.1) is 0 Å². The van der Waals surface area contributed by atoms with Gasteiger partial charge in [-0.2, -0.15) is 0 Å². The Morgan fingerprint density at radius 2 is 0.838 bits per heavy atom. The zero-order chi connectivity index (χ0) is 27.1. The topological polar surface area (TPSA) is 65.0 Å². The molecular weight excluding hydrogens is 464 g/mol. The Kier molecular flexibility index (Phi) is 20.6. The molecule has 220 valence electrons. The summed E-state index contributed by atoms with van der Waals surface area (Å²) in [6.07, 6.45) is 31.7. The second kappa shape index (κ2) is 22.2. The maximum absolute atomic E-state index is 9.00. The van der Waals surface area contributed by atoms with Crippen LogP contribution in [0.25, 0.3) is 0 Å². The molecule has 0 aliphatic carbocycles. The van der Waals surface area contributed by atoms with Gasteiger partial charge in [-0.05, 0) is 12.8 Å². The van der Waals surface area contributed by atoms with Gasteiger partial charge < -0.3 is 19.3 Å². The van der Waals surface area contributed by atoms with E-state index in [1.54, 1.807) is 0 Å². The third-order valence-electron chi connectivity index (χ3n) is 7.89. The van der Waals surface area contributed by atoms with Crippen molar-refractivity contribution in [1.82, 2.24) is 0 Å². The zero-order valence-corrected chi connectivity index (χ0v) is 25.0. The fourth-order valence-electron chi connectivity index (χ4n) is 5.42. The SMILES string of the molecule is CC(=O)O.CCCCCCCCCCCCC1(OC2(CCCCCCCCCCCC)CCO2)CCO1. The molecule has 37 heavy (non-hydrogen) atoms. The molecule has 0 bridgehead atoms. The van der Waals surface area contributed by atoms with Crippen LogP contribution in [0.15, 0.2) is 0 Å². The predicted molar refractivity (Wildman–Crippen MR) is 154 cm³/mol. The monoisotopic (exact) mass is 526 g/mol. The summed E-state index contributed by atoms with van der Waals surface area (Å²) in [7, 11) is 0. The van der Waals surface area contributed by atoms with Crippen LogP contribution in [0.4, 0.5) is 0 Å². The van der Waals surface area contributed by atoms with Gasteiger partial charge in [0.15, 0.2) is 11.6 Å². The number of carboxylic acids is 1. The summed E-state index contributed by atoms with van der Waals surface area (Å²) in [5.41, 5.74) is 0. The van der Waals surface area contributed by atoms with Gasteiger partial charge in [0.25, 0.3) is 5.97 Å². The molecule has 2 atom stereocenters. The summed E-state index contributed by atoms with van der Waals surface area (Å²) in [5.74, 6) is -1.50. The van der Waals surface area contributed by atoms with Crippen molar-refractivity contribution in [3.63, 3.8) is 0 Å². The number of hydrogen-bond acceptors (Lipinski definition) is 4. The van der Waals surface area contributed by atoms with E-state index in [1.807, 2.05) is 0 Å². The van der Waals surface area contributed by atoms with Crippen LogP contribution in [0.3, 0.4) is 0 Å². The van der Waals surface area contributed by atoms with Crippen molar-refractivity contribution in [1.29, 1.82) is 0 Å². The quantitative estimate of drug-likeness (QED) is 0.127. The van der Waals surface area contributed by atoms with Gasteiger partial charge in [0.1, 0.15) is 0 Å². The van der Waals surface area contributed by atoms with Crippen molar-refractivity contribution in [2.45, 2.75) is 186 Å². The van der Waals surface area contributed by atoms with Crippen LogP contribution in [0, 0.1) is 0 Å². The summed E-state index contributed by atoms with van der Waals surface area (Å²) in [6, 6.07) is 0. The van der Waals surface area contributed by atoms with Crippen molar-refractivity contribution in [2.75, 3.05) is 13.2 Å². The molecule has 1 N–H and O–H groups in total. The van der Waals surface area contributed by atoms with Gasteiger partial charge >= 0.3 is 0 Å². The van der Waals surface area contributed by atoms with Gasteiger partial charge in [-0.3, -0.25) is 4.79 Å². The number of carbonyl (C=O) groups is 1. The third kappa shape index (κ3) is 17.5. The molecule has 0 aromatic carbocycles. The van der Waals surface area contributed by atoms with E-state index < -0.39 is 5.97 Å². The summed E-state index contributed by atoms with van der Waals surface area (Å²) in [6.45, 7) is 7.37. The minimum absolute atomic E-state index is 0.334. The Morgan fingerprint density at radius 3 is 1.05 bits per heavy atom. The van der Waals surface area contributed by atoms with Crippen LogP contribution in [0.5, 0.6) is 0 Å². The van der Waals surface area contributed by atoms with Crippen molar-refractivity contribution < 1.29 is 24.1 Å². The van der Waals surface area contributed by atoms with E-state index in [0.29, 0.717) is 0 Å². The van der Waals surface area contributed by atoms with E-state index >= 15 is 0 Å². The molecule has 2 unspecified atom stereocenters. The van der Waals surface area contributed by atoms with E-state index in [2.05, 4.69) is 13.8 Å². The molecule has 2 fully saturated rings. The molecule has 0 spiro atoms. The van der Waals surface area contributed by atoms with Crippen LogP contribution in [-0.2, 0) is 19.0 Å². The molecule has 0 aromatic heterocycles. The van der Waals surface area contributed by atoms with Gasteiger partial charge in [0.05, 0.1) is 13.2 Å². The smallest absolute Gasteiger partial charge is 0.300 e. The Labute approximate surface area is 229 Å². The van der Waals surface area contributed by atoms with Crippen molar-refractivity contribution in [2.24, 2.45) is 0 Å². The van der Waals surface area contributed by atoms with E-state index in [1.165, 1.54) is 128 Å². The van der Waals surface area contributed by atoms with Crippen molar-refractivity contribution in [3.05, 3.63) is 0 Å². The zero-order valence-electron chi connectivity index (χ0n) is 25.0. The van der Waals surface area contributed by atoms with Crippen LogP contribution >= 0.6 is 0 Å². The summed E-state index contributed by atoms with van der Waals surface area (Å²) >= 11 is 0. The average Bonchev–Trinajstić information content (AvgIpc) is 2.82. The molecule has 0 aromatic rings. The van der Waals surface area contributed by atoms with Crippen molar-refractivity contribution in [3.8, 4) is 0 Å². The van der Waals surface area contributed by atoms with Gasteiger partial charge in [-0.1, -0.05) is 129 Å². The molecule has 0 saturated carbocycles. The first-order valence-corrected chi connectivity index (χ1v) is 16.2. The van der Waals surface area contributed by atoms with Crippen LogP contribution in [-0.4, -0.2) is 35.9 Å². The highest BCUT2D eigenvalue weighted by Crippen LogP contribution is 2.44. The first-order chi connectivity index (χ1) is 18.0. The number of ether oxygens (including phenoxy) is 3. The predicted octanol–water partition coefficient (Wildman–Crippen LogP) is 9.95. The second-order valence-electron chi connectivity index (χ2n) is 11.5. The molecular formula is C32H62O5. The Hall–Kier alpha value is -0.650. The average molecular weight is 527 g/mol. The lowest BCUT2D eigenvalue weighted by molar-refractivity contribution is -0.432. The van der Waals surface area contributed by atoms with Crippen LogP contribution in [0.1, 0.15) is 175 Å². The Morgan fingerprint density at radius 1 is 0.595 bits per heavy atom. The first-order valence-electron chi connectivity index (χ1n) is 16.2. The number of hydrogen-bond donors (Lipinski definition) is 1. The number of aliphatic carboxylic acids is 1. The molecule has 2 saturated heterocycles. The lowest BCUT2D eigenvalue weighted by atomic mass is 9.95. The Bertz CT molecular complexity index is 483. The molecule has 2 heterocycles. The second-order valence-corrected chi connectivity index (χ2v) is 11.5. The number of rotatable bonds is 24. The third-order valence-corrected chi connectivity index (χ3v) is 7.89. The van der Waals surface area contributed by atoms with Gasteiger partial charge in [0.2, 0.25) is 0 Å². The largest absolute Gasteiger partial charge is 0.481 e. The molecule has 0 amide bonds. The molecule has 2 aliphatic rings. The van der Waals surface area contributed by atoms with Gasteiger partial charge in [-0.25, -0.2) is 0 Å². The first kappa shape index (κ1) is 34.4. The standard InChI is InChI=1S/C30H58O3.C2H4O2/c1-3-5-7-9-11-13-15-17-19-21-23-29(25-27-31-29)33-30(26-28-32-30)24-22-20-18-16-14-12-10-8-6-4-2;1-2(3)4/h3-28H2,1-2H3;1H3,(H,3,4). The summed E-state index contributed by atoms with van der Waals surface area (Å²) in [5, 5.41) is 7.42. The van der Waals surface area contributed by atoms with Crippen LogP contribution < -0.4 is 0 Å². The normalized spacial score (nSPS) is 22.6. The highest BCUT2D eigenvalue weighted by atomic mass is 16.8. The molecule has 5 heteroatoms. The molecule has 2 rings (SSSR count). The fraction of sp³-hybridized carbons (Fsp3) is 0.969. The lowest BCUT2D eigenvalue weighted by Crippen LogP contribution is -2.57. The lowest BCUT2D eigenvalue weighted by Gasteiger charge is -2.51. The highest BCUT2D eigenvalue weighted by Gasteiger charge is 2.50. The molecule has 0 radical (unpaired) electrons. The van der Waals surface area contributed by atoms with E-state index in [4.69, 9.17) is 24.1 Å². The Balaban J connectivity index is 0.00000159. The fourth-order valence-corrected chi connectivity index (χ4v) is 5.42. The minimum atomic E-state index is -0.833. The molecule has 2 aliphatic heterocycles. The number of unbranched alkanes of at least 4 members (excludes halogenated alkanes) is 18. The molecule has 5 nitrogen and oxygen atoms in total. The van der Waals surface area contributed by atoms with Crippen LogP contribution in [0.2, 0.25) is 0 Å². The van der Waals surface area contributed by atoms with Gasteiger partial charge in [0, 0.05) is 32.6 Å². The minimum Gasteiger partial charge on any atom is -0.481 e. The van der Waals surface area contributed by atoms with Crippen molar-refractivity contribution >= 4 is 5.97 Å². The number of carboxylic acid groups (broad SMARTS) is 1. The maximum Gasteiger partial charge on any atom is 0.300 e. The maximum atomic E-state index is 9.00.